The minimum atomic E-state index is -3.52. The summed E-state index contributed by atoms with van der Waals surface area (Å²) in [6, 6.07) is 6.09. The average Bonchev–Trinajstić information content (AvgIpc) is 2.62. The molecule has 1 aromatic rings. The van der Waals surface area contributed by atoms with Gasteiger partial charge in [-0.25, -0.2) is 13.1 Å². The molecule has 2 rings (SSSR count). The lowest BCUT2D eigenvalue weighted by Gasteiger charge is -2.13. The molecule has 2 N–H and O–H groups in total. The van der Waals surface area contributed by atoms with Gasteiger partial charge in [0.25, 0.3) is 5.91 Å². The van der Waals surface area contributed by atoms with Gasteiger partial charge in [0.05, 0.1) is 4.90 Å². The van der Waals surface area contributed by atoms with Crippen molar-refractivity contribution in [2.24, 2.45) is 5.92 Å². The first-order valence-corrected chi connectivity index (χ1v) is 10.9. The van der Waals surface area contributed by atoms with Crippen molar-refractivity contribution in [3.63, 3.8) is 0 Å². The van der Waals surface area contributed by atoms with Crippen molar-refractivity contribution in [1.29, 1.82) is 0 Å². The van der Waals surface area contributed by atoms with Crippen LogP contribution in [0.15, 0.2) is 40.8 Å². The van der Waals surface area contributed by atoms with Crippen LogP contribution in [0.25, 0.3) is 0 Å². The Morgan fingerprint density at radius 2 is 1.85 bits per heavy atom. The number of hydrogen-bond donors (Lipinski definition) is 2. The van der Waals surface area contributed by atoms with Crippen molar-refractivity contribution >= 4 is 15.9 Å². The van der Waals surface area contributed by atoms with Crippen LogP contribution in [0.3, 0.4) is 0 Å². The van der Waals surface area contributed by atoms with Crippen molar-refractivity contribution < 1.29 is 13.2 Å². The Kier molecular flexibility index (Phi) is 7.85. The third-order valence-electron chi connectivity index (χ3n) is 4.56. The largest absolute Gasteiger partial charge is 0.352 e. The number of carbonyl (C=O) groups is 1. The molecule has 0 bridgehead atoms. The van der Waals surface area contributed by atoms with Crippen LogP contribution in [0.2, 0.25) is 0 Å². The maximum absolute atomic E-state index is 12.2. The molecule has 0 heterocycles. The molecular weight excluding hydrogens is 348 g/mol. The van der Waals surface area contributed by atoms with Crippen LogP contribution >= 0.6 is 0 Å². The molecular formula is C20H30N2O3S. The first-order chi connectivity index (χ1) is 12.4. The molecule has 0 spiro atoms. The van der Waals surface area contributed by atoms with E-state index >= 15 is 0 Å². The molecule has 0 aromatic heterocycles. The second kappa shape index (κ2) is 9.88. The summed E-state index contributed by atoms with van der Waals surface area (Å²) in [5, 5.41) is 2.91. The fourth-order valence-electron chi connectivity index (χ4n) is 2.92. The molecule has 1 aliphatic carbocycles. The number of nitrogens with one attached hydrogen (secondary N) is 2. The zero-order chi connectivity index (χ0) is 19.0. The first kappa shape index (κ1) is 20.6. The van der Waals surface area contributed by atoms with Gasteiger partial charge >= 0.3 is 0 Å². The first-order valence-electron chi connectivity index (χ1n) is 9.44. The summed E-state index contributed by atoms with van der Waals surface area (Å²) in [5.74, 6) is 0.270. The molecule has 144 valence electrons. The normalized spacial score (nSPS) is 15.0. The number of amides is 1. The van der Waals surface area contributed by atoms with Gasteiger partial charge in [-0.1, -0.05) is 25.5 Å². The lowest BCUT2D eigenvalue weighted by Crippen LogP contribution is -2.26. The topological polar surface area (TPSA) is 75.3 Å². The van der Waals surface area contributed by atoms with Crippen molar-refractivity contribution in [3.8, 4) is 0 Å². The van der Waals surface area contributed by atoms with Crippen molar-refractivity contribution in [2.75, 3.05) is 13.1 Å². The van der Waals surface area contributed by atoms with Crippen LogP contribution < -0.4 is 10.0 Å². The molecule has 0 aliphatic heterocycles. The summed E-state index contributed by atoms with van der Waals surface area (Å²) >= 11 is 0. The zero-order valence-electron chi connectivity index (χ0n) is 15.8. The highest BCUT2D eigenvalue weighted by atomic mass is 32.2. The molecule has 26 heavy (non-hydrogen) atoms. The van der Waals surface area contributed by atoms with E-state index in [0.29, 0.717) is 24.6 Å². The summed E-state index contributed by atoms with van der Waals surface area (Å²) < 4.78 is 27.0. The molecule has 1 amide bonds. The van der Waals surface area contributed by atoms with E-state index in [2.05, 4.69) is 16.1 Å². The lowest BCUT2D eigenvalue weighted by molar-refractivity contribution is 0.0954. The Balaban J connectivity index is 1.85. The molecule has 6 heteroatoms. The number of hydrogen-bond acceptors (Lipinski definition) is 3. The van der Waals surface area contributed by atoms with E-state index in [1.807, 2.05) is 13.8 Å². The van der Waals surface area contributed by atoms with E-state index in [-0.39, 0.29) is 10.8 Å². The fraction of sp³-hybridized carbons (Fsp3) is 0.550. The summed E-state index contributed by atoms with van der Waals surface area (Å²) in [5.41, 5.74) is 1.90. The number of allylic oxidation sites excluding steroid dienone is 1. The molecule has 5 nitrogen and oxygen atoms in total. The van der Waals surface area contributed by atoms with Gasteiger partial charge in [-0.2, -0.15) is 0 Å². The second-order valence-corrected chi connectivity index (χ2v) is 8.99. The summed E-state index contributed by atoms with van der Waals surface area (Å²) in [6.45, 7) is 5.12. The van der Waals surface area contributed by atoms with Crippen LogP contribution in [0.4, 0.5) is 0 Å². The molecule has 0 unspecified atom stereocenters. The third-order valence-corrected chi connectivity index (χ3v) is 6.03. The standard InChI is InChI=1S/C20H30N2O3S/c1-16(2)12-15-22-26(24,25)19-10-8-18(9-11-19)20(23)21-14-13-17-6-4-3-5-7-17/h6,8-11,16,22H,3-5,7,12-15H2,1-2H3,(H,21,23). The monoisotopic (exact) mass is 378 g/mol. The summed E-state index contributed by atoms with van der Waals surface area (Å²) in [4.78, 5) is 12.4. The van der Waals surface area contributed by atoms with Gasteiger partial charge in [0.2, 0.25) is 10.0 Å². The number of benzene rings is 1. The molecule has 0 saturated heterocycles. The lowest BCUT2D eigenvalue weighted by atomic mass is 9.97. The van der Waals surface area contributed by atoms with Crippen molar-refractivity contribution in [2.45, 2.75) is 57.3 Å². The highest BCUT2D eigenvalue weighted by Crippen LogP contribution is 2.19. The van der Waals surface area contributed by atoms with E-state index in [0.717, 1.165) is 25.7 Å². The maximum atomic E-state index is 12.2. The number of rotatable bonds is 9. The van der Waals surface area contributed by atoms with Crippen LogP contribution in [-0.2, 0) is 10.0 Å². The quantitative estimate of drug-likeness (QED) is 0.644. The maximum Gasteiger partial charge on any atom is 0.251 e. The van der Waals surface area contributed by atoms with Crippen molar-refractivity contribution in [3.05, 3.63) is 41.5 Å². The smallest absolute Gasteiger partial charge is 0.251 e. The van der Waals surface area contributed by atoms with Crippen LogP contribution in [0.1, 0.15) is 62.7 Å². The summed E-state index contributed by atoms with van der Waals surface area (Å²) in [6.07, 6.45) is 8.73. The number of carbonyl (C=O) groups excluding carboxylic acids is 1. The van der Waals surface area contributed by atoms with Crippen molar-refractivity contribution in [1.82, 2.24) is 10.0 Å². The van der Waals surface area contributed by atoms with E-state index in [4.69, 9.17) is 0 Å². The SMILES string of the molecule is CC(C)CCNS(=O)(=O)c1ccc(C(=O)NCCC2=CCCCC2)cc1. The minimum Gasteiger partial charge on any atom is -0.352 e. The van der Waals surface area contributed by atoms with Gasteiger partial charge in [0.1, 0.15) is 0 Å². The molecule has 1 aliphatic rings. The molecule has 0 fully saturated rings. The number of sulfonamides is 1. The Hall–Kier alpha value is -1.66. The van der Waals surface area contributed by atoms with E-state index in [9.17, 15) is 13.2 Å². The van der Waals surface area contributed by atoms with Gasteiger partial charge in [-0.3, -0.25) is 4.79 Å². The average molecular weight is 379 g/mol. The molecule has 0 radical (unpaired) electrons. The molecule has 1 aromatic carbocycles. The summed E-state index contributed by atoms with van der Waals surface area (Å²) in [7, 11) is -3.52. The molecule has 0 atom stereocenters. The van der Waals surface area contributed by atoms with Gasteiger partial charge in [-0.15, -0.1) is 0 Å². The predicted molar refractivity (Wildman–Crippen MR) is 105 cm³/mol. The third kappa shape index (κ3) is 6.57. The molecule has 0 saturated carbocycles. The van der Waals surface area contributed by atoms with Gasteiger partial charge in [0, 0.05) is 18.7 Å². The minimum absolute atomic E-state index is 0.168. The predicted octanol–water partition coefficient (Wildman–Crippen LogP) is 3.63. The van der Waals surface area contributed by atoms with Crippen LogP contribution in [0, 0.1) is 5.92 Å². The fourth-order valence-corrected chi connectivity index (χ4v) is 3.97. The zero-order valence-corrected chi connectivity index (χ0v) is 16.6. The Morgan fingerprint density at radius 1 is 1.12 bits per heavy atom. The van der Waals surface area contributed by atoms with E-state index in [1.165, 1.54) is 30.5 Å². The Labute approximate surface area is 157 Å². The van der Waals surface area contributed by atoms with Crippen LogP contribution in [-0.4, -0.2) is 27.4 Å². The van der Waals surface area contributed by atoms with Gasteiger partial charge in [0.15, 0.2) is 0 Å². The van der Waals surface area contributed by atoms with Gasteiger partial charge in [-0.05, 0) is 68.7 Å². The highest BCUT2D eigenvalue weighted by molar-refractivity contribution is 7.89. The Morgan fingerprint density at radius 3 is 2.46 bits per heavy atom. The van der Waals surface area contributed by atoms with Crippen LogP contribution in [0.5, 0.6) is 0 Å². The Bertz CT molecular complexity index is 722. The van der Waals surface area contributed by atoms with E-state index < -0.39 is 10.0 Å². The highest BCUT2D eigenvalue weighted by Gasteiger charge is 2.15. The van der Waals surface area contributed by atoms with E-state index in [1.54, 1.807) is 12.1 Å². The second-order valence-electron chi connectivity index (χ2n) is 7.22. The van der Waals surface area contributed by atoms with Gasteiger partial charge < -0.3 is 5.32 Å².